The summed E-state index contributed by atoms with van der Waals surface area (Å²) in [7, 11) is 0. The fourth-order valence-electron chi connectivity index (χ4n) is 3.01. The number of nitrogens with zero attached hydrogens (tertiary/aromatic N) is 1. The van der Waals surface area contributed by atoms with Crippen molar-refractivity contribution in [3.05, 3.63) is 33.7 Å². The number of quaternary nitrogens is 1. The van der Waals surface area contributed by atoms with Gasteiger partial charge in [0.05, 0.1) is 28.6 Å². The molecular weight excluding hydrogens is 556 g/mol. The summed E-state index contributed by atoms with van der Waals surface area (Å²) in [6.45, 7) is 9.15. The number of benzene rings is 1. The lowest BCUT2D eigenvalue weighted by molar-refractivity contribution is -0.927. The topological polar surface area (TPSA) is 35.2 Å². The molecule has 132 valence electrons. The highest BCUT2D eigenvalue weighted by Gasteiger charge is 2.28. The number of hydrogen-bond acceptors (Lipinski definition) is 2. The van der Waals surface area contributed by atoms with E-state index in [4.69, 9.17) is 10.5 Å². The number of nitrogens with two attached hydrogens (primary N) is 1. The van der Waals surface area contributed by atoms with Crippen LogP contribution in [0.25, 0.3) is 0 Å². The van der Waals surface area contributed by atoms with E-state index in [2.05, 4.69) is 38.4 Å². The average molecular weight is 580 g/mol. The molecule has 1 aromatic carbocycles. The van der Waals surface area contributed by atoms with Crippen molar-refractivity contribution in [2.24, 2.45) is 0 Å². The van der Waals surface area contributed by atoms with Crippen molar-refractivity contribution in [2.45, 2.75) is 19.3 Å². The van der Waals surface area contributed by atoms with Gasteiger partial charge in [-0.2, -0.15) is 0 Å². The Kier molecular flexibility index (Phi) is 11.3. The normalized spacial score (nSPS) is 15.9. The second-order valence-corrected chi connectivity index (χ2v) is 7.42. The van der Waals surface area contributed by atoms with Gasteiger partial charge >= 0.3 is 0 Å². The molecule has 7 heteroatoms. The predicted octanol–water partition coefficient (Wildman–Crippen LogP) is 1.94. The molecule has 1 aliphatic heterocycles. The molecule has 2 N–H and O–H groups in total. The summed E-state index contributed by atoms with van der Waals surface area (Å²) >= 11 is 7.02. The van der Waals surface area contributed by atoms with Crippen molar-refractivity contribution in [3.8, 4) is 5.75 Å². The highest BCUT2D eigenvalue weighted by molar-refractivity contribution is 9.11. The number of piperidine rings is 1. The van der Waals surface area contributed by atoms with Gasteiger partial charge in [0.1, 0.15) is 18.9 Å². The van der Waals surface area contributed by atoms with Gasteiger partial charge in [0.2, 0.25) is 0 Å². The maximum Gasteiger partial charge on any atom is 0.148 e. The standard InChI is InChI=1S/C16H23Br2N2O.2BrH/c1-2-6-20(7-4-3-5-8-20)9-10-21-16-14(17)11-13(19)12-15(16)18;;/h2,11-12H,1,3-10,19H2;2*1H/q+1;;/p-1. The van der Waals surface area contributed by atoms with Crippen LogP contribution < -0.4 is 27.5 Å². The Morgan fingerprint density at radius 3 is 2.26 bits per heavy atom. The first-order chi connectivity index (χ1) is 10.1. The van der Waals surface area contributed by atoms with Gasteiger partial charge in [-0.15, -0.1) is 17.0 Å². The van der Waals surface area contributed by atoms with Crippen molar-refractivity contribution in [3.63, 3.8) is 0 Å². The largest absolute Gasteiger partial charge is 1.00 e. The highest BCUT2D eigenvalue weighted by atomic mass is 79.9. The lowest BCUT2D eigenvalue weighted by Crippen LogP contribution is -3.00. The number of hydrogen-bond donors (Lipinski definition) is 1. The van der Waals surface area contributed by atoms with Gasteiger partial charge in [-0.1, -0.05) is 6.58 Å². The second-order valence-electron chi connectivity index (χ2n) is 5.71. The van der Waals surface area contributed by atoms with Crippen LogP contribution in [0.3, 0.4) is 0 Å². The Labute approximate surface area is 177 Å². The van der Waals surface area contributed by atoms with Crippen LogP contribution in [0.15, 0.2) is 33.7 Å². The van der Waals surface area contributed by atoms with E-state index in [1.807, 2.05) is 18.2 Å². The summed E-state index contributed by atoms with van der Waals surface area (Å²) in [5.41, 5.74) is 6.52. The third-order valence-electron chi connectivity index (χ3n) is 4.11. The van der Waals surface area contributed by atoms with Crippen LogP contribution in [0.5, 0.6) is 5.75 Å². The smallest absolute Gasteiger partial charge is 0.148 e. The minimum Gasteiger partial charge on any atom is -1.00 e. The number of likely N-dealkylation sites (tertiary alicyclic amines) is 1. The number of nitrogen functional groups attached to an aromatic ring is 1. The Bertz CT molecular complexity index is 482. The van der Waals surface area contributed by atoms with Crippen LogP contribution in [0.4, 0.5) is 5.69 Å². The van der Waals surface area contributed by atoms with Gasteiger partial charge in [-0.05, 0) is 69.3 Å². The van der Waals surface area contributed by atoms with E-state index in [0.717, 1.165) is 32.3 Å². The minimum absolute atomic E-state index is 0. The zero-order valence-electron chi connectivity index (χ0n) is 13.1. The van der Waals surface area contributed by atoms with E-state index < -0.39 is 0 Å². The molecule has 0 unspecified atom stereocenters. The van der Waals surface area contributed by atoms with Gasteiger partial charge in [-0.25, -0.2) is 0 Å². The van der Waals surface area contributed by atoms with E-state index in [1.54, 1.807) is 0 Å². The Morgan fingerprint density at radius 2 is 1.74 bits per heavy atom. The third kappa shape index (κ3) is 6.69. The molecule has 2 rings (SSSR count). The van der Waals surface area contributed by atoms with E-state index in [9.17, 15) is 0 Å². The first-order valence-corrected chi connectivity index (χ1v) is 8.98. The maximum absolute atomic E-state index is 6.00. The lowest BCUT2D eigenvalue weighted by atomic mass is 10.1. The van der Waals surface area contributed by atoms with Crippen LogP contribution in [0, 0.1) is 0 Å². The fourth-order valence-corrected chi connectivity index (χ4v) is 4.46. The van der Waals surface area contributed by atoms with Crippen molar-refractivity contribution < 1.29 is 26.2 Å². The van der Waals surface area contributed by atoms with Crippen LogP contribution in [0.1, 0.15) is 19.3 Å². The molecule has 0 amide bonds. The van der Waals surface area contributed by atoms with Crippen molar-refractivity contribution in [2.75, 3.05) is 38.5 Å². The van der Waals surface area contributed by atoms with Gasteiger partial charge in [-0.3, -0.25) is 0 Å². The average Bonchev–Trinajstić information content (AvgIpc) is 2.43. The maximum atomic E-state index is 6.00. The van der Waals surface area contributed by atoms with Crippen molar-refractivity contribution in [1.29, 1.82) is 0 Å². The molecule has 1 heterocycles. The zero-order valence-corrected chi connectivity index (χ0v) is 19.5. The van der Waals surface area contributed by atoms with E-state index in [0.29, 0.717) is 12.3 Å². The SMILES string of the molecule is Br.C=CC[N+]1(CCOc2c(Br)cc(N)cc2Br)CCCCC1.[Br-]. The summed E-state index contributed by atoms with van der Waals surface area (Å²) in [4.78, 5) is 0. The molecule has 0 aromatic heterocycles. The number of anilines is 1. The van der Waals surface area contributed by atoms with Crippen LogP contribution in [0.2, 0.25) is 0 Å². The van der Waals surface area contributed by atoms with Gasteiger partial charge < -0.3 is 31.9 Å². The molecule has 0 aliphatic carbocycles. The monoisotopic (exact) mass is 576 g/mol. The molecule has 0 saturated carbocycles. The molecule has 1 saturated heterocycles. The number of rotatable bonds is 6. The fraction of sp³-hybridized carbons (Fsp3) is 0.500. The molecule has 3 nitrogen and oxygen atoms in total. The molecule has 0 atom stereocenters. The molecule has 1 aliphatic rings. The Hall–Kier alpha value is 0.440. The first kappa shape index (κ1) is 23.4. The third-order valence-corrected chi connectivity index (χ3v) is 5.29. The van der Waals surface area contributed by atoms with Crippen LogP contribution in [-0.2, 0) is 0 Å². The van der Waals surface area contributed by atoms with E-state index >= 15 is 0 Å². The Balaban J connectivity index is 0.00000242. The van der Waals surface area contributed by atoms with E-state index in [-0.39, 0.29) is 34.0 Å². The molecule has 23 heavy (non-hydrogen) atoms. The molecule has 1 fully saturated rings. The summed E-state index contributed by atoms with van der Waals surface area (Å²) in [6, 6.07) is 3.74. The van der Waals surface area contributed by atoms with Gasteiger partial charge in [0.15, 0.2) is 0 Å². The first-order valence-electron chi connectivity index (χ1n) is 7.40. The quantitative estimate of drug-likeness (QED) is 0.318. The summed E-state index contributed by atoms with van der Waals surface area (Å²) in [5, 5.41) is 0. The van der Waals surface area contributed by atoms with E-state index in [1.165, 1.54) is 32.4 Å². The van der Waals surface area contributed by atoms with Crippen LogP contribution in [-0.4, -0.2) is 37.3 Å². The van der Waals surface area contributed by atoms with Crippen LogP contribution >= 0.6 is 48.8 Å². The second kappa shape index (κ2) is 11.1. The lowest BCUT2D eigenvalue weighted by Gasteiger charge is -2.40. The Morgan fingerprint density at radius 1 is 1.17 bits per heavy atom. The summed E-state index contributed by atoms with van der Waals surface area (Å²) in [5.74, 6) is 0.831. The molecule has 0 bridgehead atoms. The molecule has 0 spiro atoms. The predicted molar refractivity (Wildman–Crippen MR) is 106 cm³/mol. The van der Waals surface area contributed by atoms with Crippen molar-refractivity contribution in [1.82, 2.24) is 0 Å². The zero-order chi connectivity index (χ0) is 15.3. The molecule has 1 aromatic rings. The van der Waals surface area contributed by atoms with Crippen molar-refractivity contribution >= 4 is 54.5 Å². The number of ether oxygens (including phenoxy) is 1. The molecular formula is C16H24Br4N2O. The minimum atomic E-state index is 0. The summed E-state index contributed by atoms with van der Waals surface area (Å²) < 4.78 is 8.89. The number of halogens is 4. The molecule has 0 radical (unpaired) electrons. The summed E-state index contributed by atoms with van der Waals surface area (Å²) in [6.07, 6.45) is 6.01. The van der Waals surface area contributed by atoms with Gasteiger partial charge in [0.25, 0.3) is 0 Å². The highest BCUT2D eigenvalue weighted by Crippen LogP contribution is 2.35. The van der Waals surface area contributed by atoms with Gasteiger partial charge in [0, 0.05) is 5.69 Å².